The van der Waals surface area contributed by atoms with E-state index in [0.717, 1.165) is 0 Å². The highest BCUT2D eigenvalue weighted by Gasteiger charge is 2.47. The number of hydrogen-bond acceptors (Lipinski definition) is 1. The Kier molecular flexibility index (Phi) is 3.71. The number of carbonyl (C=O) groups excluding carboxylic acids is 1. The predicted octanol–water partition coefficient (Wildman–Crippen LogP) is 3.20. The van der Waals surface area contributed by atoms with E-state index in [0.29, 0.717) is 23.5 Å². The molecule has 1 fully saturated rings. The fraction of sp³-hybridized carbons (Fsp3) is 0.750. The van der Waals surface area contributed by atoms with Crippen molar-refractivity contribution in [3.8, 4) is 0 Å². The van der Waals surface area contributed by atoms with E-state index >= 15 is 0 Å². The topological polar surface area (TPSA) is 17.1 Å². The normalized spacial score (nSPS) is 32.4. The summed E-state index contributed by atoms with van der Waals surface area (Å²) < 4.78 is 0. The molecule has 0 spiro atoms. The third-order valence-corrected chi connectivity index (χ3v) is 3.00. The van der Waals surface area contributed by atoms with Gasteiger partial charge >= 0.3 is 0 Å². The lowest BCUT2D eigenvalue weighted by Crippen LogP contribution is -1.94. The summed E-state index contributed by atoms with van der Waals surface area (Å²) in [5.41, 5.74) is 0. The van der Waals surface area contributed by atoms with Crippen LogP contribution in [0.15, 0.2) is 12.2 Å². The number of allylic oxidation sites excluding steroid dienone is 2. The van der Waals surface area contributed by atoms with Crippen molar-refractivity contribution < 1.29 is 4.79 Å². The lowest BCUT2D eigenvalue weighted by Gasteiger charge is -1.89. The van der Waals surface area contributed by atoms with Crippen molar-refractivity contribution in [3.63, 3.8) is 0 Å². The van der Waals surface area contributed by atoms with Crippen LogP contribution in [0.1, 0.15) is 40.0 Å². The van der Waals surface area contributed by atoms with Crippen LogP contribution in [0.4, 0.5) is 0 Å². The van der Waals surface area contributed by atoms with Crippen LogP contribution >= 0.6 is 0 Å². The Morgan fingerprint density at radius 2 is 2.15 bits per heavy atom. The molecular formula is C12H20O. The zero-order valence-corrected chi connectivity index (χ0v) is 8.92. The third-order valence-electron chi connectivity index (χ3n) is 3.00. The monoisotopic (exact) mass is 180 g/mol. The predicted molar refractivity (Wildman–Crippen MR) is 55.5 cm³/mol. The first-order valence-electron chi connectivity index (χ1n) is 5.35. The van der Waals surface area contributed by atoms with Crippen molar-refractivity contribution in [1.29, 1.82) is 0 Å². The zero-order chi connectivity index (χ0) is 9.84. The van der Waals surface area contributed by atoms with E-state index in [1.165, 1.54) is 19.3 Å². The number of hydrogen-bond donors (Lipinski definition) is 0. The van der Waals surface area contributed by atoms with Gasteiger partial charge in [0.15, 0.2) is 0 Å². The van der Waals surface area contributed by atoms with E-state index in [9.17, 15) is 4.79 Å². The van der Waals surface area contributed by atoms with Gasteiger partial charge in [-0.2, -0.15) is 0 Å². The molecule has 0 aromatic heterocycles. The first-order chi connectivity index (χ1) is 6.18. The summed E-state index contributed by atoms with van der Waals surface area (Å²) in [5, 5.41) is 0. The summed E-state index contributed by atoms with van der Waals surface area (Å²) in [7, 11) is 0. The molecule has 1 heteroatoms. The first kappa shape index (κ1) is 10.5. The Morgan fingerprint density at radius 1 is 1.46 bits per heavy atom. The van der Waals surface area contributed by atoms with Gasteiger partial charge in [0.1, 0.15) is 5.78 Å². The summed E-state index contributed by atoms with van der Waals surface area (Å²) >= 11 is 0. The van der Waals surface area contributed by atoms with Gasteiger partial charge in [0, 0.05) is 5.92 Å². The van der Waals surface area contributed by atoms with Crippen LogP contribution < -0.4 is 0 Å². The third kappa shape index (κ3) is 2.68. The molecule has 0 aromatic carbocycles. The molecule has 1 rings (SSSR count). The maximum atomic E-state index is 11.1. The summed E-state index contributed by atoms with van der Waals surface area (Å²) in [4.78, 5) is 11.1. The fourth-order valence-corrected chi connectivity index (χ4v) is 2.01. The minimum atomic E-state index is 0.331. The van der Waals surface area contributed by atoms with Gasteiger partial charge in [-0.05, 0) is 25.2 Å². The van der Waals surface area contributed by atoms with E-state index in [4.69, 9.17) is 0 Å². The highest BCUT2D eigenvalue weighted by Crippen LogP contribution is 2.47. The van der Waals surface area contributed by atoms with Crippen molar-refractivity contribution in [1.82, 2.24) is 0 Å². The fourth-order valence-electron chi connectivity index (χ4n) is 2.01. The van der Waals surface area contributed by atoms with Gasteiger partial charge in [-0.3, -0.25) is 4.79 Å². The minimum Gasteiger partial charge on any atom is -0.300 e. The molecular weight excluding hydrogens is 160 g/mol. The van der Waals surface area contributed by atoms with Gasteiger partial charge in [-0.1, -0.05) is 38.8 Å². The molecule has 1 nitrogen and oxygen atoms in total. The van der Waals surface area contributed by atoms with Gasteiger partial charge in [0.05, 0.1) is 0 Å². The maximum absolute atomic E-state index is 11.1. The Morgan fingerprint density at radius 3 is 2.62 bits per heavy atom. The number of Topliss-reactive ketones (excluding diaryl/α,β-unsaturated/α-hetero) is 1. The van der Waals surface area contributed by atoms with Gasteiger partial charge in [-0.15, -0.1) is 0 Å². The summed E-state index contributed by atoms with van der Waals surface area (Å²) in [6, 6.07) is 0. The quantitative estimate of drug-likeness (QED) is 0.469. The number of unbranched alkanes of at least 4 members (excludes halogenated alkanes) is 2. The molecule has 0 N–H and O–H groups in total. The molecule has 1 aliphatic carbocycles. The van der Waals surface area contributed by atoms with Crippen LogP contribution in [0.3, 0.4) is 0 Å². The largest absolute Gasteiger partial charge is 0.300 e. The molecule has 3 atom stereocenters. The second-order valence-electron chi connectivity index (χ2n) is 4.14. The molecule has 0 heterocycles. The molecule has 0 saturated heterocycles. The summed E-state index contributed by atoms with van der Waals surface area (Å²) in [5.74, 6) is 1.83. The van der Waals surface area contributed by atoms with Gasteiger partial charge < -0.3 is 0 Å². The molecule has 0 unspecified atom stereocenters. The highest BCUT2D eigenvalue weighted by atomic mass is 16.1. The van der Waals surface area contributed by atoms with Crippen LogP contribution in [0.2, 0.25) is 0 Å². The molecule has 74 valence electrons. The van der Waals surface area contributed by atoms with Crippen molar-refractivity contribution in [2.75, 3.05) is 0 Å². The molecule has 1 aliphatic rings. The Balaban J connectivity index is 2.24. The highest BCUT2D eigenvalue weighted by molar-refractivity contribution is 5.82. The Hall–Kier alpha value is -0.590. The summed E-state index contributed by atoms with van der Waals surface area (Å²) in [6.07, 6.45) is 8.17. The lowest BCUT2D eigenvalue weighted by molar-refractivity contribution is -0.118. The van der Waals surface area contributed by atoms with E-state index in [2.05, 4.69) is 26.0 Å². The van der Waals surface area contributed by atoms with Crippen molar-refractivity contribution in [2.24, 2.45) is 17.8 Å². The number of ketones is 1. The zero-order valence-electron chi connectivity index (χ0n) is 8.92. The van der Waals surface area contributed by atoms with E-state index in [1.54, 1.807) is 6.92 Å². The van der Waals surface area contributed by atoms with Crippen molar-refractivity contribution in [2.45, 2.75) is 40.0 Å². The molecule has 0 amide bonds. The lowest BCUT2D eigenvalue weighted by atomic mass is 10.2. The van der Waals surface area contributed by atoms with Crippen LogP contribution in [0, 0.1) is 17.8 Å². The van der Waals surface area contributed by atoms with Gasteiger partial charge in [0.25, 0.3) is 0 Å². The van der Waals surface area contributed by atoms with Gasteiger partial charge in [0.2, 0.25) is 0 Å². The maximum Gasteiger partial charge on any atom is 0.133 e. The van der Waals surface area contributed by atoms with Crippen LogP contribution in [0.5, 0.6) is 0 Å². The van der Waals surface area contributed by atoms with Gasteiger partial charge in [-0.25, -0.2) is 0 Å². The second-order valence-corrected chi connectivity index (χ2v) is 4.14. The molecule has 0 bridgehead atoms. The summed E-state index contributed by atoms with van der Waals surface area (Å²) in [6.45, 7) is 6.08. The minimum absolute atomic E-state index is 0.331. The van der Waals surface area contributed by atoms with E-state index in [1.807, 2.05) is 0 Å². The molecule has 1 saturated carbocycles. The smallest absolute Gasteiger partial charge is 0.133 e. The van der Waals surface area contributed by atoms with Crippen LogP contribution in [-0.4, -0.2) is 5.78 Å². The van der Waals surface area contributed by atoms with Crippen molar-refractivity contribution in [3.05, 3.63) is 12.2 Å². The molecule has 13 heavy (non-hydrogen) atoms. The number of carbonyl (C=O) groups is 1. The average Bonchev–Trinajstić information content (AvgIpc) is 2.71. The van der Waals surface area contributed by atoms with Crippen LogP contribution in [0.25, 0.3) is 0 Å². The van der Waals surface area contributed by atoms with Crippen LogP contribution in [-0.2, 0) is 4.79 Å². The number of rotatable bonds is 5. The molecule has 0 aliphatic heterocycles. The average molecular weight is 180 g/mol. The standard InChI is InChI=1S/C12H20O/c1-4-5-6-7-8-11-9(2)12(11)10(3)13/h7-9,11-12H,4-6H2,1-3H3/b8-7-/t9-,11+,12+/m1/s1. The Labute approximate surface area is 81.2 Å². The Bertz CT molecular complexity index is 205. The first-order valence-corrected chi connectivity index (χ1v) is 5.35. The van der Waals surface area contributed by atoms with Crippen molar-refractivity contribution >= 4 is 5.78 Å². The van der Waals surface area contributed by atoms with E-state index < -0.39 is 0 Å². The van der Waals surface area contributed by atoms with E-state index in [-0.39, 0.29) is 0 Å². The second kappa shape index (κ2) is 4.59. The molecule has 0 radical (unpaired) electrons. The molecule has 0 aromatic rings. The SMILES string of the molecule is CCCC/C=C\[C@H]1[C@@H](C)[C@H]1C(C)=O.